The monoisotopic (exact) mass is 499 g/mol. The van der Waals surface area contributed by atoms with E-state index in [2.05, 4.69) is 19.8 Å². The van der Waals surface area contributed by atoms with Crippen LogP contribution in [0.3, 0.4) is 0 Å². The zero-order chi connectivity index (χ0) is 25.3. The van der Waals surface area contributed by atoms with Gasteiger partial charge in [-0.2, -0.15) is 4.98 Å². The van der Waals surface area contributed by atoms with E-state index in [1.807, 2.05) is 73.1 Å². The van der Waals surface area contributed by atoms with Gasteiger partial charge in [-0.25, -0.2) is 13.4 Å². The number of imidazole rings is 1. The number of benzene rings is 3. The topological polar surface area (TPSA) is 103 Å². The molecule has 182 valence electrons. The summed E-state index contributed by atoms with van der Waals surface area (Å²) in [6.07, 6.45) is 3.54. The molecule has 8 nitrogen and oxygen atoms in total. The molecule has 0 atom stereocenters. The van der Waals surface area contributed by atoms with Crippen LogP contribution in [0.5, 0.6) is 0 Å². The Morgan fingerprint density at radius 1 is 0.944 bits per heavy atom. The fourth-order valence-electron chi connectivity index (χ4n) is 3.88. The molecule has 0 spiro atoms. The van der Waals surface area contributed by atoms with Gasteiger partial charge < -0.3 is 9.09 Å². The molecule has 5 rings (SSSR count). The van der Waals surface area contributed by atoms with Crippen LogP contribution in [-0.4, -0.2) is 28.1 Å². The molecule has 9 heteroatoms. The smallest absolute Gasteiger partial charge is 0.278 e. The summed E-state index contributed by atoms with van der Waals surface area (Å²) in [5.41, 5.74) is 5.67. The molecule has 1 N–H and O–H groups in total. The maximum absolute atomic E-state index is 12.9. The van der Waals surface area contributed by atoms with Gasteiger partial charge in [0.2, 0.25) is 5.82 Å². The first-order chi connectivity index (χ1) is 17.3. The Bertz CT molecular complexity index is 1640. The second kappa shape index (κ2) is 9.43. The van der Waals surface area contributed by atoms with Gasteiger partial charge in [-0.15, -0.1) is 0 Å². The van der Waals surface area contributed by atoms with Crippen molar-refractivity contribution in [2.24, 2.45) is 0 Å². The molecule has 0 saturated carbocycles. The van der Waals surface area contributed by atoms with Crippen molar-refractivity contribution in [3.8, 4) is 23.0 Å². The highest BCUT2D eigenvalue weighted by Gasteiger charge is 2.17. The maximum Gasteiger partial charge on any atom is 0.278 e. The third-order valence-corrected chi connectivity index (χ3v) is 7.28. The Hall–Kier alpha value is -4.24. The minimum Gasteiger partial charge on any atom is -0.332 e. The first-order valence-electron chi connectivity index (χ1n) is 11.4. The quantitative estimate of drug-likeness (QED) is 0.323. The van der Waals surface area contributed by atoms with Crippen LogP contribution < -0.4 is 4.72 Å². The maximum atomic E-state index is 12.9. The summed E-state index contributed by atoms with van der Waals surface area (Å²) in [6, 6.07) is 20.5. The second-order valence-electron chi connectivity index (χ2n) is 8.80. The van der Waals surface area contributed by atoms with E-state index < -0.39 is 10.0 Å². The first kappa shape index (κ1) is 23.5. The van der Waals surface area contributed by atoms with E-state index in [4.69, 9.17) is 4.52 Å². The number of aromatic nitrogens is 4. The van der Waals surface area contributed by atoms with Gasteiger partial charge in [0.05, 0.1) is 11.2 Å². The van der Waals surface area contributed by atoms with Crippen molar-refractivity contribution in [3.05, 3.63) is 102 Å². The summed E-state index contributed by atoms with van der Waals surface area (Å²) in [5, 5.41) is 4.08. The third kappa shape index (κ3) is 5.06. The highest BCUT2D eigenvalue weighted by Crippen LogP contribution is 2.23. The van der Waals surface area contributed by atoms with Crippen molar-refractivity contribution in [1.29, 1.82) is 0 Å². The van der Waals surface area contributed by atoms with Crippen molar-refractivity contribution < 1.29 is 12.9 Å². The highest BCUT2D eigenvalue weighted by atomic mass is 32.2. The predicted octanol–water partition coefficient (Wildman–Crippen LogP) is 5.37. The number of anilines is 1. The van der Waals surface area contributed by atoms with Crippen LogP contribution in [0.2, 0.25) is 0 Å². The molecule has 0 bridgehead atoms. The Balaban J connectivity index is 1.27. The lowest BCUT2D eigenvalue weighted by Crippen LogP contribution is -2.14. The molecule has 2 heterocycles. The summed E-state index contributed by atoms with van der Waals surface area (Å²) in [4.78, 5) is 9.15. The molecule has 0 amide bonds. The van der Waals surface area contributed by atoms with Gasteiger partial charge in [0, 0.05) is 24.0 Å². The van der Waals surface area contributed by atoms with Crippen molar-refractivity contribution in [2.75, 3.05) is 4.72 Å². The van der Waals surface area contributed by atoms with Crippen molar-refractivity contribution in [2.45, 2.75) is 32.2 Å². The summed E-state index contributed by atoms with van der Waals surface area (Å²) < 4.78 is 35.7. The van der Waals surface area contributed by atoms with E-state index in [0.717, 1.165) is 22.3 Å². The van der Waals surface area contributed by atoms with Crippen LogP contribution in [0.15, 0.2) is 88.7 Å². The lowest BCUT2D eigenvalue weighted by Gasteiger charge is -2.12. The molecule has 0 saturated heterocycles. The molecule has 3 aromatic carbocycles. The molecule has 0 unspecified atom stereocenters. The lowest BCUT2D eigenvalue weighted by atomic mass is 10.1. The Morgan fingerprint density at radius 2 is 1.72 bits per heavy atom. The van der Waals surface area contributed by atoms with E-state index in [0.29, 0.717) is 35.2 Å². The number of hydrogen-bond acceptors (Lipinski definition) is 6. The van der Waals surface area contributed by atoms with Gasteiger partial charge in [0.25, 0.3) is 15.9 Å². The van der Waals surface area contributed by atoms with Crippen LogP contribution in [-0.2, 0) is 16.6 Å². The molecule has 36 heavy (non-hydrogen) atoms. The van der Waals surface area contributed by atoms with E-state index in [1.165, 1.54) is 0 Å². The fraction of sp³-hybridized carbons (Fsp3) is 0.148. The van der Waals surface area contributed by atoms with Gasteiger partial charge in [0.1, 0.15) is 5.69 Å². The van der Waals surface area contributed by atoms with Crippen LogP contribution >= 0.6 is 0 Å². The van der Waals surface area contributed by atoms with Gasteiger partial charge >= 0.3 is 0 Å². The van der Waals surface area contributed by atoms with Crippen LogP contribution in [0, 0.1) is 20.8 Å². The normalized spacial score (nSPS) is 11.5. The highest BCUT2D eigenvalue weighted by molar-refractivity contribution is 7.92. The Morgan fingerprint density at radius 3 is 2.50 bits per heavy atom. The van der Waals surface area contributed by atoms with E-state index in [9.17, 15) is 8.42 Å². The van der Waals surface area contributed by atoms with Crippen LogP contribution in [0.4, 0.5) is 5.69 Å². The molecule has 0 aliphatic heterocycles. The van der Waals surface area contributed by atoms with Crippen molar-refractivity contribution in [3.63, 3.8) is 0 Å². The van der Waals surface area contributed by atoms with Crippen molar-refractivity contribution in [1.82, 2.24) is 19.7 Å². The third-order valence-electron chi connectivity index (χ3n) is 5.76. The van der Waals surface area contributed by atoms with Crippen LogP contribution in [0.25, 0.3) is 23.0 Å². The lowest BCUT2D eigenvalue weighted by molar-refractivity contribution is 0.431. The summed E-state index contributed by atoms with van der Waals surface area (Å²) in [5.74, 6) is 0.864. The summed E-state index contributed by atoms with van der Waals surface area (Å²) in [6.45, 7) is 6.22. The van der Waals surface area contributed by atoms with Gasteiger partial charge in [0.15, 0.2) is 0 Å². The number of nitrogens with zero attached hydrogens (tertiary/aromatic N) is 4. The molecule has 0 radical (unpaired) electrons. The Labute approximate surface area is 209 Å². The van der Waals surface area contributed by atoms with Crippen molar-refractivity contribution >= 4 is 15.7 Å². The minimum absolute atomic E-state index is 0.282. The molecular formula is C27H25N5O3S. The van der Waals surface area contributed by atoms with E-state index in [1.54, 1.807) is 31.5 Å². The molecular weight excluding hydrogens is 474 g/mol. The average Bonchev–Trinajstić information content (AvgIpc) is 3.52. The number of nitrogens with one attached hydrogen (secondary N) is 1. The summed E-state index contributed by atoms with van der Waals surface area (Å²) in [7, 11) is -3.67. The molecule has 0 aliphatic carbocycles. The average molecular weight is 500 g/mol. The Kier molecular flexibility index (Phi) is 6.15. The number of sulfonamides is 1. The zero-order valence-electron chi connectivity index (χ0n) is 20.1. The number of rotatable bonds is 7. The number of aryl methyl sites for hydroxylation is 3. The second-order valence-corrected chi connectivity index (χ2v) is 10.4. The molecule has 5 aromatic rings. The summed E-state index contributed by atoms with van der Waals surface area (Å²) >= 11 is 0. The van der Waals surface area contributed by atoms with E-state index >= 15 is 0 Å². The molecule has 2 aromatic heterocycles. The fourth-order valence-corrected chi connectivity index (χ4v) is 5.27. The SMILES string of the molecule is Cc1cccc(-c2noc(-c3cn(Cc4ccc(NS(=O)(=O)c5cc(C)ccc5C)cc4)cn3)n2)c1. The van der Waals surface area contributed by atoms with Gasteiger partial charge in [-0.05, 0) is 61.7 Å². The van der Waals surface area contributed by atoms with Gasteiger partial charge in [-0.1, -0.05) is 53.2 Å². The number of hydrogen-bond donors (Lipinski definition) is 1. The van der Waals surface area contributed by atoms with Gasteiger partial charge in [-0.3, -0.25) is 4.72 Å². The first-order valence-corrected chi connectivity index (χ1v) is 12.9. The molecule has 0 fully saturated rings. The standard InChI is InChI=1S/C27H25N5O3S/c1-18-5-4-6-22(13-18)26-29-27(35-30-26)24-16-32(17-28-24)15-21-9-11-23(12-10-21)31-36(33,34)25-14-19(2)7-8-20(25)3/h4-14,16-17,31H,15H2,1-3H3. The zero-order valence-corrected chi connectivity index (χ0v) is 21.0. The predicted molar refractivity (Wildman–Crippen MR) is 138 cm³/mol. The minimum atomic E-state index is -3.67. The largest absolute Gasteiger partial charge is 0.332 e. The molecule has 0 aliphatic rings. The van der Waals surface area contributed by atoms with Crippen LogP contribution in [0.1, 0.15) is 22.3 Å². The van der Waals surface area contributed by atoms with E-state index in [-0.39, 0.29) is 4.90 Å².